The lowest BCUT2D eigenvalue weighted by Gasteiger charge is -2.44. The highest BCUT2D eigenvalue weighted by Gasteiger charge is 2.53. The molecule has 3 rings (SSSR count). The third-order valence-electron chi connectivity index (χ3n) is 4.29. The lowest BCUT2D eigenvalue weighted by atomic mass is 9.66. The Morgan fingerprint density at radius 1 is 1.21 bits per heavy atom. The van der Waals surface area contributed by atoms with Gasteiger partial charge in [0.2, 0.25) is 0 Å². The summed E-state index contributed by atoms with van der Waals surface area (Å²) < 4.78 is 5.60. The molecule has 3 nitrogen and oxygen atoms in total. The molecule has 1 unspecified atom stereocenters. The van der Waals surface area contributed by atoms with E-state index in [1.54, 1.807) is 0 Å². The van der Waals surface area contributed by atoms with Crippen LogP contribution in [-0.4, -0.2) is 31.3 Å². The van der Waals surface area contributed by atoms with Crippen molar-refractivity contribution in [2.24, 2.45) is 11.1 Å². The summed E-state index contributed by atoms with van der Waals surface area (Å²) in [6, 6.07) is 0.457. The van der Waals surface area contributed by atoms with Crippen LogP contribution in [0.15, 0.2) is 0 Å². The molecule has 3 fully saturated rings. The maximum absolute atomic E-state index is 5.96. The highest BCUT2D eigenvalue weighted by atomic mass is 16.6. The Balaban J connectivity index is 1.70. The second kappa shape index (κ2) is 2.94. The maximum atomic E-state index is 5.96. The van der Waals surface area contributed by atoms with Crippen molar-refractivity contribution < 1.29 is 4.74 Å². The molecule has 0 aromatic carbocycles. The number of nitrogens with one attached hydrogen (secondary N) is 1. The molecule has 1 atom stereocenters. The van der Waals surface area contributed by atoms with Crippen LogP contribution in [0.1, 0.15) is 32.1 Å². The van der Waals surface area contributed by atoms with Gasteiger partial charge < -0.3 is 15.8 Å². The first-order valence-electron chi connectivity index (χ1n) is 5.82. The van der Waals surface area contributed by atoms with Crippen molar-refractivity contribution in [2.45, 2.75) is 43.7 Å². The average Bonchev–Trinajstić information content (AvgIpc) is 2.91. The van der Waals surface area contributed by atoms with E-state index < -0.39 is 0 Å². The van der Waals surface area contributed by atoms with Crippen LogP contribution < -0.4 is 11.1 Å². The van der Waals surface area contributed by atoms with E-state index in [9.17, 15) is 0 Å². The normalized spacial score (nSPS) is 52.5. The first-order valence-corrected chi connectivity index (χ1v) is 5.82. The molecule has 2 heterocycles. The predicted molar refractivity (Wildman–Crippen MR) is 55.0 cm³/mol. The molecule has 0 aromatic heterocycles. The largest absolute Gasteiger partial charge is 0.368 e. The van der Waals surface area contributed by atoms with Gasteiger partial charge in [0.15, 0.2) is 0 Å². The van der Waals surface area contributed by atoms with Gasteiger partial charge in [0, 0.05) is 19.1 Å². The van der Waals surface area contributed by atoms with E-state index in [4.69, 9.17) is 10.5 Å². The summed E-state index contributed by atoms with van der Waals surface area (Å²) in [5.74, 6) is 0. The van der Waals surface area contributed by atoms with Gasteiger partial charge in [0.25, 0.3) is 0 Å². The summed E-state index contributed by atoms with van der Waals surface area (Å²) >= 11 is 0. The monoisotopic (exact) mass is 196 g/mol. The van der Waals surface area contributed by atoms with Gasteiger partial charge in [0.1, 0.15) is 5.60 Å². The topological polar surface area (TPSA) is 50.6 Å². The van der Waals surface area contributed by atoms with E-state index in [2.05, 4.69) is 5.32 Å². The quantitative estimate of drug-likeness (QED) is 0.559. The fourth-order valence-corrected chi connectivity index (χ4v) is 3.28. The lowest BCUT2D eigenvalue weighted by molar-refractivity contribution is 0.0759. The van der Waals surface area contributed by atoms with Crippen LogP contribution in [0.25, 0.3) is 0 Å². The summed E-state index contributed by atoms with van der Waals surface area (Å²) in [6.45, 7) is 3.24. The van der Waals surface area contributed by atoms with Crippen LogP contribution in [0.3, 0.4) is 0 Å². The Bertz CT molecular complexity index is 229. The van der Waals surface area contributed by atoms with Gasteiger partial charge in [-0.3, -0.25) is 0 Å². The van der Waals surface area contributed by atoms with Gasteiger partial charge in [0.05, 0.1) is 6.61 Å². The van der Waals surface area contributed by atoms with E-state index in [0.29, 0.717) is 11.5 Å². The zero-order valence-corrected chi connectivity index (χ0v) is 8.72. The minimum absolute atomic E-state index is 0.236. The summed E-state index contributed by atoms with van der Waals surface area (Å²) in [5, 5.41) is 3.55. The Morgan fingerprint density at radius 3 is 2.57 bits per heavy atom. The fraction of sp³-hybridized carbons (Fsp3) is 1.00. The van der Waals surface area contributed by atoms with Crippen molar-refractivity contribution in [3.8, 4) is 0 Å². The van der Waals surface area contributed by atoms with Gasteiger partial charge >= 0.3 is 0 Å². The van der Waals surface area contributed by atoms with Gasteiger partial charge in [-0.15, -0.1) is 0 Å². The number of nitrogens with two attached hydrogens (primary N) is 1. The molecule has 80 valence electrons. The molecule has 0 radical (unpaired) electrons. The molecule has 1 aliphatic carbocycles. The molecule has 0 bridgehead atoms. The Hall–Kier alpha value is -0.120. The second-order valence-electron chi connectivity index (χ2n) is 5.59. The zero-order valence-electron chi connectivity index (χ0n) is 8.72. The third-order valence-corrected chi connectivity index (χ3v) is 4.29. The zero-order chi connectivity index (χ0) is 9.65. The predicted octanol–water partition coefficient (Wildman–Crippen LogP) is 0.636. The van der Waals surface area contributed by atoms with Crippen LogP contribution in [0.5, 0.6) is 0 Å². The average molecular weight is 196 g/mol. The molecule has 2 spiro atoms. The van der Waals surface area contributed by atoms with Crippen molar-refractivity contribution in [1.29, 1.82) is 0 Å². The van der Waals surface area contributed by atoms with Crippen molar-refractivity contribution in [3.05, 3.63) is 0 Å². The van der Waals surface area contributed by atoms with Crippen molar-refractivity contribution in [2.75, 3.05) is 19.7 Å². The van der Waals surface area contributed by atoms with Gasteiger partial charge in [-0.25, -0.2) is 0 Å². The molecular formula is C11H20N2O. The van der Waals surface area contributed by atoms with Crippen LogP contribution in [0.4, 0.5) is 0 Å². The number of hydrogen-bond donors (Lipinski definition) is 2. The smallest absolute Gasteiger partial charge is 0.105 e. The van der Waals surface area contributed by atoms with Crippen LogP contribution in [-0.2, 0) is 4.74 Å². The third kappa shape index (κ3) is 1.47. The molecular weight excluding hydrogens is 176 g/mol. The van der Waals surface area contributed by atoms with Crippen molar-refractivity contribution >= 4 is 0 Å². The molecule has 0 amide bonds. The first kappa shape index (κ1) is 9.13. The highest BCUT2D eigenvalue weighted by Crippen LogP contribution is 2.48. The summed E-state index contributed by atoms with van der Waals surface area (Å²) in [5.41, 5.74) is 6.71. The lowest BCUT2D eigenvalue weighted by Crippen LogP contribution is -2.51. The Kier molecular flexibility index (Phi) is 1.92. The number of epoxide rings is 1. The van der Waals surface area contributed by atoms with Crippen LogP contribution in [0, 0.1) is 5.41 Å². The fourth-order valence-electron chi connectivity index (χ4n) is 3.28. The van der Waals surface area contributed by atoms with E-state index in [0.717, 1.165) is 13.2 Å². The standard InChI is InChI=1S/C11H20N2O/c12-9-1-3-10(4-2-9)5-11(8-14-11)7-13-6-10/h9,13H,1-8,12H2. The molecule has 3 aliphatic rings. The van der Waals surface area contributed by atoms with E-state index in [1.807, 2.05) is 0 Å². The van der Waals surface area contributed by atoms with Gasteiger partial charge in [-0.1, -0.05) is 0 Å². The number of piperidine rings is 1. The van der Waals surface area contributed by atoms with E-state index >= 15 is 0 Å². The SMILES string of the molecule is NC1CCC2(CC1)CNCC1(CO1)C2. The maximum Gasteiger partial charge on any atom is 0.105 e. The summed E-state index contributed by atoms with van der Waals surface area (Å²) in [7, 11) is 0. The molecule has 2 aliphatic heterocycles. The van der Waals surface area contributed by atoms with Crippen LogP contribution >= 0.6 is 0 Å². The van der Waals surface area contributed by atoms with Crippen LogP contribution in [0.2, 0.25) is 0 Å². The van der Waals surface area contributed by atoms with E-state index in [-0.39, 0.29) is 5.60 Å². The molecule has 3 N–H and O–H groups in total. The minimum Gasteiger partial charge on any atom is -0.368 e. The molecule has 3 heteroatoms. The Morgan fingerprint density at radius 2 is 1.93 bits per heavy atom. The number of hydrogen-bond acceptors (Lipinski definition) is 3. The minimum atomic E-state index is 0.236. The number of rotatable bonds is 0. The summed E-state index contributed by atoms with van der Waals surface area (Å²) in [4.78, 5) is 0. The van der Waals surface area contributed by atoms with Gasteiger partial charge in [-0.2, -0.15) is 0 Å². The van der Waals surface area contributed by atoms with Crippen molar-refractivity contribution in [1.82, 2.24) is 5.32 Å². The molecule has 14 heavy (non-hydrogen) atoms. The summed E-state index contributed by atoms with van der Waals surface area (Å²) in [6.07, 6.45) is 6.29. The Labute approximate surface area is 85.4 Å². The van der Waals surface area contributed by atoms with Gasteiger partial charge in [-0.05, 0) is 37.5 Å². The second-order valence-corrected chi connectivity index (χ2v) is 5.59. The molecule has 2 saturated heterocycles. The van der Waals surface area contributed by atoms with E-state index in [1.165, 1.54) is 38.6 Å². The molecule has 1 saturated carbocycles. The van der Waals surface area contributed by atoms with Crippen molar-refractivity contribution in [3.63, 3.8) is 0 Å². The molecule has 0 aromatic rings. The highest BCUT2D eigenvalue weighted by molar-refractivity contribution is 5.06. The number of ether oxygens (including phenoxy) is 1. The first-order chi connectivity index (χ1) is 6.72.